The molecule has 1 rings (SSSR count). The van der Waals surface area contributed by atoms with Gasteiger partial charge in [-0.1, -0.05) is 0 Å². The van der Waals surface area contributed by atoms with Gasteiger partial charge in [-0.2, -0.15) is 0 Å². The fourth-order valence-corrected chi connectivity index (χ4v) is 1.96. The van der Waals surface area contributed by atoms with Crippen molar-refractivity contribution in [3.05, 3.63) is 29.8 Å². The third-order valence-corrected chi connectivity index (χ3v) is 2.48. The zero-order valence-electron chi connectivity index (χ0n) is 7.67. The molecule has 0 bridgehead atoms. The van der Waals surface area contributed by atoms with Crippen molar-refractivity contribution in [1.29, 1.82) is 0 Å². The second kappa shape index (κ2) is 4.81. The Bertz CT molecular complexity index is 245. The van der Waals surface area contributed by atoms with Gasteiger partial charge in [-0.3, -0.25) is 0 Å². The zero-order valence-corrected chi connectivity index (χ0v) is 10.1. The van der Waals surface area contributed by atoms with Gasteiger partial charge in [-0.15, -0.1) is 0 Å². The molecule has 0 fully saturated rings. The Morgan fingerprint density at radius 1 is 1.25 bits per heavy atom. The molecule has 0 saturated heterocycles. The molecule has 0 atom stereocenters. The Hall–Kier alpha value is -0.0969. The van der Waals surface area contributed by atoms with Crippen LogP contribution in [0.3, 0.4) is 0 Å². The van der Waals surface area contributed by atoms with Crippen molar-refractivity contribution in [2.45, 2.75) is 10.5 Å². The van der Waals surface area contributed by atoms with Crippen LogP contribution in [0.1, 0.15) is 5.56 Å². The number of para-hydroxylation sites is 1. The van der Waals surface area contributed by atoms with E-state index in [9.17, 15) is 0 Å². The fourth-order valence-electron chi connectivity index (χ4n) is 1.29. The molecule has 1 aromatic rings. The van der Waals surface area contributed by atoms with E-state index in [0.717, 1.165) is 0 Å². The number of benzene rings is 1. The average molecular weight is 239 g/mol. The van der Waals surface area contributed by atoms with Gasteiger partial charge in [-0.05, 0) is 0 Å². The topological polar surface area (TPSA) is 3.24 Å². The van der Waals surface area contributed by atoms with Crippen LogP contribution >= 0.6 is 0 Å². The third kappa shape index (κ3) is 2.45. The van der Waals surface area contributed by atoms with Crippen molar-refractivity contribution in [2.24, 2.45) is 0 Å². The minimum atomic E-state index is 1.21. The van der Waals surface area contributed by atoms with Crippen LogP contribution in [-0.4, -0.2) is 14.1 Å². The molecule has 0 aliphatic carbocycles. The molecule has 0 radical (unpaired) electrons. The van der Waals surface area contributed by atoms with Gasteiger partial charge >= 0.3 is 89.8 Å². The summed E-state index contributed by atoms with van der Waals surface area (Å²) in [4.78, 5) is 2.18. The number of anilines is 1. The first-order chi connectivity index (χ1) is 5.75. The molecule has 0 aromatic heterocycles. The number of hydrogen-bond donors (Lipinski definition) is 0. The zero-order chi connectivity index (χ0) is 8.97. The van der Waals surface area contributed by atoms with E-state index in [0.29, 0.717) is 0 Å². The Morgan fingerprint density at radius 3 is 2.50 bits per heavy atom. The minimum absolute atomic E-state index is 1.21. The van der Waals surface area contributed by atoms with Crippen molar-refractivity contribution < 1.29 is 24.7 Å². The molecule has 0 N–H and O–H groups in total. The Kier molecular flexibility index (Phi) is 4.01. The Morgan fingerprint density at radius 2 is 1.92 bits per heavy atom. The SMILES string of the molecule is CN(C)c1ccccc1C[CH2][Zr]. The monoisotopic (exact) mass is 238 g/mol. The molecule has 0 unspecified atom stereocenters. The van der Waals surface area contributed by atoms with Gasteiger partial charge < -0.3 is 0 Å². The average Bonchev–Trinajstić information content (AvgIpc) is 2.05. The molecule has 0 amide bonds. The van der Waals surface area contributed by atoms with E-state index in [4.69, 9.17) is 0 Å². The number of hydrogen-bond acceptors (Lipinski definition) is 1. The summed E-state index contributed by atoms with van der Waals surface area (Å²) in [6.07, 6.45) is 1.21. The molecule has 63 valence electrons. The van der Waals surface area contributed by atoms with Crippen molar-refractivity contribution >= 4 is 5.69 Å². The van der Waals surface area contributed by atoms with Gasteiger partial charge in [0.25, 0.3) is 0 Å². The quantitative estimate of drug-likeness (QED) is 0.782. The maximum atomic E-state index is 2.22. The van der Waals surface area contributed by atoms with Gasteiger partial charge in [0, 0.05) is 0 Å². The third-order valence-electron chi connectivity index (χ3n) is 1.87. The van der Waals surface area contributed by atoms with Crippen molar-refractivity contribution in [3.8, 4) is 0 Å². The Balaban J connectivity index is 2.92. The summed E-state index contributed by atoms with van der Waals surface area (Å²) in [5.41, 5.74) is 2.83. The molecule has 0 aliphatic rings. The summed E-state index contributed by atoms with van der Waals surface area (Å²) >= 11 is 1.62. The summed E-state index contributed by atoms with van der Waals surface area (Å²) in [6, 6.07) is 8.62. The van der Waals surface area contributed by atoms with Crippen LogP contribution < -0.4 is 4.90 Å². The van der Waals surface area contributed by atoms with Gasteiger partial charge in [0.2, 0.25) is 0 Å². The second-order valence-electron chi connectivity index (χ2n) is 3.02. The molecular formula is C10H14NZr. The summed E-state index contributed by atoms with van der Waals surface area (Å²) in [5.74, 6) is 0. The van der Waals surface area contributed by atoms with E-state index < -0.39 is 0 Å². The summed E-state index contributed by atoms with van der Waals surface area (Å²) in [6.45, 7) is 0. The second-order valence-corrected chi connectivity index (χ2v) is 4.25. The van der Waals surface area contributed by atoms with E-state index in [2.05, 4.69) is 43.3 Å². The molecule has 0 saturated carbocycles. The Labute approximate surface area is 89.6 Å². The van der Waals surface area contributed by atoms with Gasteiger partial charge in [0.15, 0.2) is 0 Å². The first-order valence-electron chi connectivity index (χ1n) is 4.15. The van der Waals surface area contributed by atoms with Gasteiger partial charge in [-0.25, -0.2) is 0 Å². The van der Waals surface area contributed by atoms with Crippen molar-refractivity contribution in [2.75, 3.05) is 19.0 Å². The van der Waals surface area contributed by atoms with Gasteiger partial charge in [0.1, 0.15) is 0 Å². The molecule has 0 aliphatic heterocycles. The van der Waals surface area contributed by atoms with Crippen LogP contribution in [0.2, 0.25) is 4.13 Å². The van der Waals surface area contributed by atoms with Crippen molar-refractivity contribution in [1.82, 2.24) is 0 Å². The van der Waals surface area contributed by atoms with E-state index in [1.165, 1.54) is 21.8 Å². The molecule has 1 aromatic carbocycles. The van der Waals surface area contributed by atoms with E-state index in [1.807, 2.05) is 0 Å². The molecule has 0 heterocycles. The maximum absolute atomic E-state index is 2.22. The van der Waals surface area contributed by atoms with E-state index in [1.54, 1.807) is 24.7 Å². The first-order valence-corrected chi connectivity index (χ1v) is 5.89. The van der Waals surface area contributed by atoms with Crippen molar-refractivity contribution in [3.63, 3.8) is 0 Å². The van der Waals surface area contributed by atoms with Crippen LogP contribution in [-0.2, 0) is 31.1 Å². The molecule has 0 spiro atoms. The van der Waals surface area contributed by atoms with Crippen LogP contribution in [0.4, 0.5) is 5.69 Å². The predicted octanol–water partition coefficient (Wildman–Crippen LogP) is 2.26. The number of rotatable bonds is 3. The van der Waals surface area contributed by atoms with Crippen LogP contribution in [0.15, 0.2) is 24.3 Å². The summed E-state index contributed by atoms with van der Waals surface area (Å²) < 4.78 is 1.30. The standard InChI is InChI=1S/C10H14N.Zr/c1-4-9-7-5-6-8-10(9)11(2)3;/h5-8H,1,4H2,2-3H3;. The summed E-state index contributed by atoms with van der Waals surface area (Å²) in [5, 5.41) is 0. The number of nitrogens with zero attached hydrogens (tertiary/aromatic N) is 1. The van der Waals surface area contributed by atoms with Crippen LogP contribution in [0.5, 0.6) is 0 Å². The summed E-state index contributed by atoms with van der Waals surface area (Å²) in [7, 11) is 4.20. The molecule has 12 heavy (non-hydrogen) atoms. The molecule has 1 nitrogen and oxygen atoms in total. The van der Waals surface area contributed by atoms with Gasteiger partial charge in [0.05, 0.1) is 0 Å². The molecular weight excluding hydrogens is 225 g/mol. The van der Waals surface area contributed by atoms with Crippen LogP contribution in [0, 0.1) is 0 Å². The van der Waals surface area contributed by atoms with E-state index in [-0.39, 0.29) is 0 Å². The fraction of sp³-hybridized carbons (Fsp3) is 0.400. The van der Waals surface area contributed by atoms with Crippen LogP contribution in [0.25, 0.3) is 0 Å². The number of aryl methyl sites for hydroxylation is 1. The normalized spacial score (nSPS) is 9.75. The first kappa shape index (κ1) is 9.99. The predicted molar refractivity (Wildman–Crippen MR) is 49.3 cm³/mol. The molecule has 2 heteroatoms. The van der Waals surface area contributed by atoms with E-state index >= 15 is 0 Å².